The van der Waals surface area contributed by atoms with E-state index in [1.807, 2.05) is 12.3 Å². The van der Waals surface area contributed by atoms with E-state index in [9.17, 15) is 0 Å². The van der Waals surface area contributed by atoms with Gasteiger partial charge in [-0.1, -0.05) is 18.2 Å². The molecule has 3 atom stereocenters. The molecule has 2 fully saturated rings. The molecule has 3 heteroatoms. The molecule has 1 N–H and O–H groups in total. The third-order valence-electron chi connectivity index (χ3n) is 4.56. The first-order valence-corrected chi connectivity index (χ1v) is 7.80. The van der Waals surface area contributed by atoms with Crippen molar-refractivity contribution in [1.29, 1.82) is 0 Å². The Morgan fingerprint density at radius 1 is 1.00 bits per heavy atom. The van der Waals surface area contributed by atoms with E-state index in [0.717, 1.165) is 29.7 Å². The summed E-state index contributed by atoms with van der Waals surface area (Å²) in [5, 5.41) is 3.66. The first-order valence-electron chi connectivity index (χ1n) is 7.80. The number of benzene rings is 1. The number of nitrogens with zero attached hydrogens (tertiary/aromatic N) is 1. The van der Waals surface area contributed by atoms with Gasteiger partial charge in [0, 0.05) is 30.0 Å². The summed E-state index contributed by atoms with van der Waals surface area (Å²) >= 11 is 0. The average molecular weight is 280 g/mol. The van der Waals surface area contributed by atoms with Crippen molar-refractivity contribution in [2.45, 2.75) is 43.9 Å². The monoisotopic (exact) mass is 280 g/mol. The highest BCUT2D eigenvalue weighted by Gasteiger charge is 2.34. The molecule has 3 heterocycles. The topological polar surface area (TPSA) is 34.1 Å². The molecule has 1 aromatic heterocycles. The Morgan fingerprint density at radius 3 is 2.57 bits per heavy atom. The van der Waals surface area contributed by atoms with Crippen LogP contribution in [0.15, 0.2) is 48.8 Å². The maximum absolute atomic E-state index is 6.24. The lowest BCUT2D eigenvalue weighted by Crippen LogP contribution is -2.42. The molecular formula is C18H20N2O. The van der Waals surface area contributed by atoms with E-state index >= 15 is 0 Å². The van der Waals surface area contributed by atoms with Crippen molar-refractivity contribution in [2.24, 2.45) is 0 Å². The van der Waals surface area contributed by atoms with Gasteiger partial charge >= 0.3 is 0 Å². The molecule has 0 saturated carbocycles. The van der Waals surface area contributed by atoms with Gasteiger partial charge in [-0.2, -0.15) is 0 Å². The Bertz CT molecular complexity index is 602. The average Bonchev–Trinajstić information content (AvgIpc) is 2.87. The van der Waals surface area contributed by atoms with Gasteiger partial charge in [0.2, 0.25) is 0 Å². The smallest absolute Gasteiger partial charge is 0.120 e. The maximum Gasteiger partial charge on any atom is 0.120 e. The zero-order chi connectivity index (χ0) is 14.1. The van der Waals surface area contributed by atoms with Crippen molar-refractivity contribution >= 4 is 0 Å². The number of nitrogens with one attached hydrogen (secondary N) is 1. The van der Waals surface area contributed by atoms with Crippen LogP contribution >= 0.6 is 0 Å². The number of hydrogen-bond donors (Lipinski definition) is 1. The lowest BCUT2D eigenvalue weighted by molar-refractivity contribution is 0.137. The van der Waals surface area contributed by atoms with Crippen LogP contribution in [0.2, 0.25) is 0 Å². The molecule has 2 aromatic rings. The van der Waals surface area contributed by atoms with Crippen LogP contribution in [0, 0.1) is 0 Å². The Labute approximate surface area is 125 Å². The predicted octanol–water partition coefficient (Wildman–Crippen LogP) is 3.41. The van der Waals surface area contributed by atoms with Crippen molar-refractivity contribution in [2.75, 3.05) is 0 Å². The van der Waals surface area contributed by atoms with Gasteiger partial charge in [-0.15, -0.1) is 0 Å². The van der Waals surface area contributed by atoms with Crippen molar-refractivity contribution in [3.8, 4) is 16.9 Å². The van der Waals surface area contributed by atoms with Crippen LogP contribution in [0.25, 0.3) is 11.1 Å². The molecule has 0 aliphatic carbocycles. The molecule has 108 valence electrons. The fraction of sp³-hybridized carbons (Fsp3) is 0.389. The number of piperidine rings is 1. The highest BCUT2D eigenvalue weighted by molar-refractivity contribution is 5.63. The van der Waals surface area contributed by atoms with Crippen molar-refractivity contribution < 1.29 is 4.74 Å². The van der Waals surface area contributed by atoms with E-state index in [2.05, 4.69) is 40.6 Å². The van der Waals surface area contributed by atoms with Gasteiger partial charge in [0.1, 0.15) is 11.9 Å². The van der Waals surface area contributed by atoms with E-state index < -0.39 is 0 Å². The number of ether oxygens (including phenoxy) is 1. The minimum absolute atomic E-state index is 0.355. The number of aromatic nitrogens is 1. The van der Waals surface area contributed by atoms with Crippen molar-refractivity contribution in [3.63, 3.8) is 0 Å². The molecule has 2 aliphatic rings. The zero-order valence-electron chi connectivity index (χ0n) is 12.0. The quantitative estimate of drug-likeness (QED) is 0.935. The number of rotatable bonds is 3. The number of pyridine rings is 1. The van der Waals surface area contributed by atoms with Gasteiger partial charge in [-0.3, -0.25) is 4.98 Å². The van der Waals surface area contributed by atoms with E-state index in [4.69, 9.17) is 4.74 Å². The van der Waals surface area contributed by atoms with Crippen molar-refractivity contribution in [3.05, 3.63) is 48.8 Å². The summed E-state index contributed by atoms with van der Waals surface area (Å²) in [6.07, 6.45) is 8.92. The lowest BCUT2D eigenvalue weighted by atomic mass is 10.0. The summed E-state index contributed by atoms with van der Waals surface area (Å²) in [5.41, 5.74) is 2.30. The third-order valence-corrected chi connectivity index (χ3v) is 4.56. The Kier molecular flexibility index (Phi) is 3.36. The fourth-order valence-corrected chi connectivity index (χ4v) is 3.58. The van der Waals surface area contributed by atoms with Gasteiger partial charge in [-0.05, 0) is 49.4 Å². The normalized spacial score (nSPS) is 27.5. The zero-order valence-corrected chi connectivity index (χ0v) is 12.0. The van der Waals surface area contributed by atoms with E-state index in [1.165, 1.54) is 12.8 Å². The summed E-state index contributed by atoms with van der Waals surface area (Å²) in [5.74, 6) is 0.975. The molecule has 4 rings (SSSR count). The second-order valence-corrected chi connectivity index (χ2v) is 6.12. The van der Waals surface area contributed by atoms with Crippen LogP contribution in [0.1, 0.15) is 25.7 Å². The SMILES string of the molecule is c1cncc(-c2cccc(O[C@@H]3C[C@H]4CC[C@@H](C3)N4)c2)c1. The summed E-state index contributed by atoms with van der Waals surface area (Å²) in [7, 11) is 0. The van der Waals surface area contributed by atoms with Gasteiger partial charge in [-0.25, -0.2) is 0 Å². The van der Waals surface area contributed by atoms with Crippen LogP contribution in [-0.4, -0.2) is 23.2 Å². The molecule has 0 radical (unpaired) electrons. The van der Waals surface area contributed by atoms with E-state index in [-0.39, 0.29) is 0 Å². The summed E-state index contributed by atoms with van der Waals surface area (Å²) < 4.78 is 6.24. The lowest BCUT2D eigenvalue weighted by Gasteiger charge is -2.29. The second-order valence-electron chi connectivity index (χ2n) is 6.12. The molecule has 2 aliphatic heterocycles. The molecule has 0 amide bonds. The Morgan fingerprint density at radius 2 is 1.81 bits per heavy atom. The van der Waals surface area contributed by atoms with Gasteiger partial charge in [0.25, 0.3) is 0 Å². The first-order chi connectivity index (χ1) is 10.4. The molecule has 2 bridgehead atoms. The molecule has 0 spiro atoms. The van der Waals surface area contributed by atoms with Crippen molar-refractivity contribution in [1.82, 2.24) is 10.3 Å². The second kappa shape index (κ2) is 5.49. The first kappa shape index (κ1) is 12.8. The van der Waals surface area contributed by atoms with Crippen LogP contribution in [-0.2, 0) is 0 Å². The number of hydrogen-bond acceptors (Lipinski definition) is 3. The number of fused-ring (bicyclic) bond motifs is 2. The summed E-state index contributed by atoms with van der Waals surface area (Å²) in [4.78, 5) is 4.19. The largest absolute Gasteiger partial charge is 0.490 e. The third kappa shape index (κ3) is 2.79. The van der Waals surface area contributed by atoms with Crippen LogP contribution < -0.4 is 10.1 Å². The summed E-state index contributed by atoms with van der Waals surface area (Å²) in [6, 6.07) is 13.7. The van der Waals surface area contributed by atoms with Crippen LogP contribution in [0.4, 0.5) is 0 Å². The predicted molar refractivity (Wildman–Crippen MR) is 83.3 cm³/mol. The molecular weight excluding hydrogens is 260 g/mol. The molecule has 0 unspecified atom stereocenters. The highest BCUT2D eigenvalue weighted by Crippen LogP contribution is 2.31. The molecule has 2 saturated heterocycles. The van der Waals surface area contributed by atoms with Crippen LogP contribution in [0.5, 0.6) is 5.75 Å². The summed E-state index contributed by atoms with van der Waals surface area (Å²) in [6.45, 7) is 0. The molecule has 21 heavy (non-hydrogen) atoms. The maximum atomic E-state index is 6.24. The van der Waals surface area contributed by atoms with E-state index in [1.54, 1.807) is 6.20 Å². The molecule has 3 nitrogen and oxygen atoms in total. The Hall–Kier alpha value is -1.87. The highest BCUT2D eigenvalue weighted by atomic mass is 16.5. The Balaban J connectivity index is 1.51. The van der Waals surface area contributed by atoms with Gasteiger partial charge < -0.3 is 10.1 Å². The van der Waals surface area contributed by atoms with Gasteiger partial charge in [0.15, 0.2) is 0 Å². The molecule has 1 aromatic carbocycles. The minimum atomic E-state index is 0.355. The fourth-order valence-electron chi connectivity index (χ4n) is 3.58. The van der Waals surface area contributed by atoms with Crippen LogP contribution in [0.3, 0.4) is 0 Å². The standard InChI is InChI=1S/C18H20N2O/c1-3-13(14-4-2-8-19-12-14)9-17(5-1)21-18-10-15-6-7-16(11-18)20-15/h1-5,8-9,12,15-16,18,20H,6-7,10-11H2/t15-,16+,18-. The van der Waals surface area contributed by atoms with Gasteiger partial charge in [0.05, 0.1) is 0 Å². The van der Waals surface area contributed by atoms with E-state index in [0.29, 0.717) is 18.2 Å². The minimum Gasteiger partial charge on any atom is -0.490 e.